The maximum Gasteiger partial charge on any atom is 0.137 e. The Bertz CT molecular complexity index is 770. The van der Waals surface area contributed by atoms with Crippen LogP contribution in [0.2, 0.25) is 0 Å². The number of halogens is 1. The van der Waals surface area contributed by atoms with Crippen molar-refractivity contribution in [3.63, 3.8) is 0 Å². The Morgan fingerprint density at radius 2 is 1.86 bits per heavy atom. The molecule has 2 heterocycles. The Balaban J connectivity index is 2.26. The molecule has 1 aromatic carbocycles. The van der Waals surface area contributed by atoms with Crippen molar-refractivity contribution in [3.05, 3.63) is 59.4 Å². The van der Waals surface area contributed by atoms with Gasteiger partial charge in [0.1, 0.15) is 5.65 Å². The monoisotopic (exact) mass is 298 g/mol. The number of aryl methyl sites for hydroxylation is 2. The lowest BCUT2D eigenvalue weighted by Gasteiger charge is -2.09. The Morgan fingerprint density at radius 1 is 1.14 bits per heavy atom. The van der Waals surface area contributed by atoms with Gasteiger partial charge in [0.15, 0.2) is 0 Å². The van der Waals surface area contributed by atoms with Crippen molar-refractivity contribution >= 4 is 17.2 Å². The number of pyridine rings is 1. The van der Waals surface area contributed by atoms with Gasteiger partial charge in [-0.25, -0.2) is 4.98 Å². The van der Waals surface area contributed by atoms with Gasteiger partial charge in [-0.3, -0.25) is 4.40 Å². The van der Waals surface area contributed by atoms with Crippen molar-refractivity contribution in [2.75, 3.05) is 0 Å². The second kappa shape index (κ2) is 5.53. The van der Waals surface area contributed by atoms with E-state index >= 15 is 0 Å². The largest absolute Gasteiger partial charge is 0.299 e. The third-order valence-corrected chi connectivity index (χ3v) is 4.09. The van der Waals surface area contributed by atoms with E-state index in [4.69, 9.17) is 16.6 Å². The molecule has 21 heavy (non-hydrogen) atoms. The highest BCUT2D eigenvalue weighted by Gasteiger charge is 2.18. The van der Waals surface area contributed by atoms with Crippen LogP contribution in [-0.4, -0.2) is 9.38 Å². The normalized spacial score (nSPS) is 12.8. The third kappa shape index (κ3) is 2.44. The first-order valence-corrected chi connectivity index (χ1v) is 7.76. The van der Waals surface area contributed by atoms with Crippen LogP contribution in [0.5, 0.6) is 0 Å². The molecular weight excluding hydrogens is 280 g/mol. The second-order valence-corrected chi connectivity index (χ2v) is 6.03. The molecule has 0 aliphatic heterocycles. The van der Waals surface area contributed by atoms with E-state index in [0.717, 1.165) is 34.7 Å². The zero-order valence-electron chi connectivity index (χ0n) is 12.6. The summed E-state index contributed by atoms with van der Waals surface area (Å²) in [5, 5.41) is -0.0954. The van der Waals surface area contributed by atoms with Crippen LogP contribution in [-0.2, 0) is 6.42 Å². The van der Waals surface area contributed by atoms with Crippen molar-refractivity contribution < 1.29 is 0 Å². The van der Waals surface area contributed by atoms with Crippen LogP contribution in [0.4, 0.5) is 0 Å². The summed E-state index contributed by atoms with van der Waals surface area (Å²) in [7, 11) is 0. The van der Waals surface area contributed by atoms with E-state index in [1.54, 1.807) is 0 Å². The molecule has 0 N–H and O–H groups in total. The minimum atomic E-state index is -0.0954. The van der Waals surface area contributed by atoms with Crippen molar-refractivity contribution in [1.29, 1.82) is 0 Å². The molecule has 2 aromatic heterocycles. The molecule has 3 rings (SSSR count). The number of alkyl halides is 1. The van der Waals surface area contributed by atoms with Crippen molar-refractivity contribution in [2.45, 2.75) is 32.6 Å². The average molecular weight is 299 g/mol. The zero-order valence-corrected chi connectivity index (χ0v) is 13.4. The summed E-state index contributed by atoms with van der Waals surface area (Å²) in [6, 6.07) is 14.7. The summed E-state index contributed by atoms with van der Waals surface area (Å²) in [6.07, 6.45) is 1.04. The lowest BCUT2D eigenvalue weighted by atomic mass is 10.1. The molecule has 3 heteroatoms. The van der Waals surface area contributed by atoms with Gasteiger partial charge in [-0.1, -0.05) is 37.3 Å². The number of fused-ring (bicyclic) bond motifs is 1. The van der Waals surface area contributed by atoms with Gasteiger partial charge in [-0.05, 0) is 38.0 Å². The van der Waals surface area contributed by atoms with E-state index in [0.29, 0.717) is 0 Å². The van der Waals surface area contributed by atoms with Crippen LogP contribution in [0.3, 0.4) is 0 Å². The number of nitrogens with zero attached hydrogens (tertiary/aromatic N) is 2. The molecule has 1 atom stereocenters. The molecule has 0 aliphatic carbocycles. The maximum absolute atomic E-state index is 6.45. The SMILES string of the molecule is CCc1ccc(-c2nc3cccc(C)n3c2C(C)Cl)cc1. The van der Waals surface area contributed by atoms with Crippen LogP contribution in [0.15, 0.2) is 42.5 Å². The van der Waals surface area contributed by atoms with Gasteiger partial charge in [0.25, 0.3) is 0 Å². The van der Waals surface area contributed by atoms with Crippen LogP contribution < -0.4 is 0 Å². The molecule has 0 spiro atoms. The van der Waals surface area contributed by atoms with Crippen molar-refractivity contribution in [3.8, 4) is 11.3 Å². The molecular formula is C18H19ClN2. The first kappa shape index (κ1) is 14.2. The van der Waals surface area contributed by atoms with E-state index in [2.05, 4.69) is 48.6 Å². The Kier molecular flexibility index (Phi) is 3.73. The average Bonchev–Trinajstić information content (AvgIpc) is 2.88. The smallest absolute Gasteiger partial charge is 0.137 e. The van der Waals surface area contributed by atoms with Gasteiger partial charge in [0.05, 0.1) is 16.8 Å². The van der Waals surface area contributed by atoms with Gasteiger partial charge < -0.3 is 0 Å². The summed E-state index contributed by atoms with van der Waals surface area (Å²) in [5.41, 5.74) is 6.60. The van der Waals surface area contributed by atoms with E-state index in [1.807, 2.05) is 19.1 Å². The number of benzene rings is 1. The molecule has 108 valence electrons. The summed E-state index contributed by atoms with van der Waals surface area (Å²) in [5.74, 6) is 0. The fraction of sp³-hybridized carbons (Fsp3) is 0.278. The van der Waals surface area contributed by atoms with E-state index in [-0.39, 0.29) is 5.38 Å². The second-order valence-electron chi connectivity index (χ2n) is 5.37. The van der Waals surface area contributed by atoms with Gasteiger partial charge in [0, 0.05) is 11.3 Å². The lowest BCUT2D eigenvalue weighted by molar-refractivity contribution is 0.936. The first-order chi connectivity index (χ1) is 10.1. The van der Waals surface area contributed by atoms with Crippen molar-refractivity contribution in [1.82, 2.24) is 9.38 Å². The predicted octanol–water partition coefficient (Wildman–Crippen LogP) is 5.17. The molecule has 0 saturated heterocycles. The first-order valence-electron chi connectivity index (χ1n) is 7.33. The standard InChI is InChI=1S/C18H19ClN2/c1-4-14-8-10-15(11-9-14)17-18(13(3)19)21-12(2)6-5-7-16(21)20-17/h5-11,13H,4H2,1-3H3. The fourth-order valence-corrected chi connectivity index (χ4v) is 2.96. The summed E-state index contributed by atoms with van der Waals surface area (Å²) < 4.78 is 2.15. The highest BCUT2D eigenvalue weighted by molar-refractivity contribution is 6.20. The summed E-state index contributed by atoms with van der Waals surface area (Å²) in [6.45, 7) is 6.25. The van der Waals surface area contributed by atoms with Gasteiger partial charge in [-0.2, -0.15) is 0 Å². The van der Waals surface area contributed by atoms with Gasteiger partial charge in [0.2, 0.25) is 0 Å². The summed E-state index contributed by atoms with van der Waals surface area (Å²) >= 11 is 6.45. The zero-order chi connectivity index (χ0) is 15.0. The summed E-state index contributed by atoms with van der Waals surface area (Å²) in [4.78, 5) is 4.80. The highest BCUT2D eigenvalue weighted by Crippen LogP contribution is 2.32. The Hall–Kier alpha value is -1.80. The number of imidazole rings is 1. The third-order valence-electron chi connectivity index (χ3n) is 3.89. The van der Waals surface area contributed by atoms with Crippen molar-refractivity contribution in [2.24, 2.45) is 0 Å². The highest BCUT2D eigenvalue weighted by atomic mass is 35.5. The minimum Gasteiger partial charge on any atom is -0.299 e. The molecule has 0 fully saturated rings. The van der Waals surface area contributed by atoms with Crippen LogP contribution >= 0.6 is 11.6 Å². The molecule has 1 unspecified atom stereocenters. The minimum absolute atomic E-state index is 0.0954. The quantitative estimate of drug-likeness (QED) is 0.610. The van der Waals surface area contributed by atoms with Gasteiger partial charge >= 0.3 is 0 Å². The lowest BCUT2D eigenvalue weighted by Crippen LogP contribution is -1.98. The fourth-order valence-electron chi connectivity index (χ4n) is 2.76. The van der Waals surface area contributed by atoms with Crippen LogP contribution in [0.25, 0.3) is 16.9 Å². The molecule has 0 amide bonds. The molecule has 0 aliphatic rings. The van der Waals surface area contributed by atoms with Gasteiger partial charge in [-0.15, -0.1) is 11.6 Å². The molecule has 3 aromatic rings. The predicted molar refractivity (Wildman–Crippen MR) is 89.0 cm³/mol. The van der Waals surface area contributed by atoms with E-state index in [1.165, 1.54) is 5.56 Å². The molecule has 0 saturated carbocycles. The topological polar surface area (TPSA) is 17.3 Å². The molecule has 2 nitrogen and oxygen atoms in total. The van der Waals surface area contributed by atoms with E-state index < -0.39 is 0 Å². The number of hydrogen-bond acceptors (Lipinski definition) is 1. The number of rotatable bonds is 3. The Labute approximate surface area is 130 Å². The van der Waals surface area contributed by atoms with Crippen LogP contribution in [0.1, 0.15) is 36.2 Å². The maximum atomic E-state index is 6.45. The number of hydrogen-bond donors (Lipinski definition) is 0. The molecule has 0 radical (unpaired) electrons. The number of aromatic nitrogens is 2. The van der Waals surface area contributed by atoms with E-state index in [9.17, 15) is 0 Å². The van der Waals surface area contributed by atoms with Crippen LogP contribution in [0, 0.1) is 6.92 Å². The molecule has 0 bridgehead atoms. The Morgan fingerprint density at radius 3 is 2.48 bits per heavy atom.